The van der Waals surface area contributed by atoms with Crippen molar-refractivity contribution in [1.29, 1.82) is 0 Å². The Labute approximate surface area is 125 Å². The minimum atomic E-state index is 0.250. The molecule has 1 N–H and O–H groups in total. The van der Waals surface area contributed by atoms with E-state index in [4.69, 9.17) is 21.4 Å². The number of aliphatic hydroxyl groups is 1. The molecule has 0 spiro atoms. The molecule has 0 aliphatic carbocycles. The van der Waals surface area contributed by atoms with Gasteiger partial charge in [0.25, 0.3) is 0 Å². The average molecular weight is 299 g/mol. The van der Waals surface area contributed by atoms with Crippen molar-refractivity contribution >= 4 is 11.6 Å². The Morgan fingerprint density at radius 3 is 2.30 bits per heavy atom. The molecule has 2 rings (SSSR count). The van der Waals surface area contributed by atoms with Gasteiger partial charge in [-0.2, -0.15) is 0 Å². The van der Waals surface area contributed by atoms with Crippen molar-refractivity contribution in [3.63, 3.8) is 0 Å². The summed E-state index contributed by atoms with van der Waals surface area (Å²) < 4.78 is 5.72. The van der Waals surface area contributed by atoms with Crippen LogP contribution in [0, 0.1) is 0 Å². The highest BCUT2D eigenvalue weighted by molar-refractivity contribution is 6.30. The first kappa shape index (κ1) is 15.6. The quantitative estimate of drug-likeness (QED) is 0.867. The van der Waals surface area contributed by atoms with Crippen molar-refractivity contribution in [3.05, 3.63) is 29.3 Å². The number of hydrogen-bond acceptors (Lipinski definition) is 4. The van der Waals surface area contributed by atoms with Gasteiger partial charge < -0.3 is 9.84 Å². The lowest BCUT2D eigenvalue weighted by molar-refractivity contribution is 0.188. The zero-order valence-electron chi connectivity index (χ0n) is 11.8. The molecular formula is C15H23ClN2O2. The summed E-state index contributed by atoms with van der Waals surface area (Å²) in [5.41, 5.74) is 0. The molecule has 1 saturated heterocycles. The summed E-state index contributed by atoms with van der Waals surface area (Å²) in [6.07, 6.45) is 1.15. The lowest BCUT2D eigenvalue weighted by atomic mass is 10.3. The lowest BCUT2D eigenvalue weighted by Crippen LogP contribution is -2.34. The van der Waals surface area contributed by atoms with E-state index in [0.29, 0.717) is 6.61 Å². The van der Waals surface area contributed by atoms with Gasteiger partial charge in [-0.15, -0.1) is 0 Å². The van der Waals surface area contributed by atoms with E-state index >= 15 is 0 Å². The van der Waals surface area contributed by atoms with Gasteiger partial charge in [0.1, 0.15) is 12.4 Å². The van der Waals surface area contributed by atoms with E-state index in [9.17, 15) is 0 Å². The van der Waals surface area contributed by atoms with E-state index in [-0.39, 0.29) is 6.61 Å². The van der Waals surface area contributed by atoms with Crippen LogP contribution >= 0.6 is 11.6 Å². The van der Waals surface area contributed by atoms with Gasteiger partial charge in [-0.3, -0.25) is 9.80 Å². The second-order valence-electron chi connectivity index (χ2n) is 5.06. The van der Waals surface area contributed by atoms with Crippen LogP contribution < -0.4 is 4.74 Å². The van der Waals surface area contributed by atoms with Crippen LogP contribution in [0.5, 0.6) is 5.75 Å². The van der Waals surface area contributed by atoms with E-state index < -0.39 is 0 Å². The number of rotatable bonds is 6. The van der Waals surface area contributed by atoms with Crippen molar-refractivity contribution in [2.24, 2.45) is 0 Å². The van der Waals surface area contributed by atoms with Gasteiger partial charge in [-0.05, 0) is 43.8 Å². The molecule has 1 heterocycles. The first-order chi connectivity index (χ1) is 9.78. The SMILES string of the molecule is OCCN1CCCN(CCOc2ccc(Cl)cc2)CC1. The zero-order chi connectivity index (χ0) is 14.2. The number of benzene rings is 1. The second-order valence-corrected chi connectivity index (χ2v) is 5.50. The molecular weight excluding hydrogens is 276 g/mol. The van der Waals surface area contributed by atoms with Crippen molar-refractivity contribution in [2.45, 2.75) is 6.42 Å². The van der Waals surface area contributed by atoms with Crippen LogP contribution in [0.2, 0.25) is 5.02 Å². The van der Waals surface area contributed by atoms with Crippen LogP contribution in [0.1, 0.15) is 6.42 Å². The first-order valence-corrected chi connectivity index (χ1v) is 7.59. The summed E-state index contributed by atoms with van der Waals surface area (Å²) in [6.45, 7) is 6.93. The standard InChI is InChI=1S/C15H23ClN2O2/c16-14-2-4-15(5-3-14)20-13-11-18-7-1-6-17(8-9-18)10-12-19/h2-5,19H,1,6-13H2. The minimum Gasteiger partial charge on any atom is -0.492 e. The molecule has 20 heavy (non-hydrogen) atoms. The van der Waals surface area contributed by atoms with E-state index in [1.807, 2.05) is 24.3 Å². The highest BCUT2D eigenvalue weighted by Crippen LogP contribution is 2.15. The predicted molar refractivity (Wildman–Crippen MR) is 81.5 cm³/mol. The molecule has 1 aliphatic rings. The Hall–Kier alpha value is -0.810. The molecule has 1 fully saturated rings. The molecule has 0 unspecified atom stereocenters. The molecule has 0 aromatic heterocycles. The van der Waals surface area contributed by atoms with Gasteiger partial charge in [0.15, 0.2) is 0 Å². The molecule has 4 nitrogen and oxygen atoms in total. The van der Waals surface area contributed by atoms with Gasteiger partial charge >= 0.3 is 0 Å². The fourth-order valence-corrected chi connectivity index (χ4v) is 2.56. The fourth-order valence-electron chi connectivity index (χ4n) is 2.44. The molecule has 0 radical (unpaired) electrons. The lowest BCUT2D eigenvalue weighted by Gasteiger charge is -2.21. The second kappa shape index (κ2) is 8.47. The summed E-state index contributed by atoms with van der Waals surface area (Å²) in [7, 11) is 0. The van der Waals surface area contributed by atoms with E-state index in [1.165, 1.54) is 0 Å². The molecule has 0 atom stereocenters. The summed E-state index contributed by atoms with van der Waals surface area (Å²) in [5, 5.41) is 9.71. The molecule has 0 saturated carbocycles. The van der Waals surface area contributed by atoms with Gasteiger partial charge in [0, 0.05) is 31.2 Å². The maximum absolute atomic E-state index is 8.98. The third kappa shape index (κ3) is 5.29. The van der Waals surface area contributed by atoms with Crippen molar-refractivity contribution in [2.75, 3.05) is 52.5 Å². The third-order valence-corrected chi connectivity index (χ3v) is 3.84. The minimum absolute atomic E-state index is 0.250. The normalized spacial score (nSPS) is 17.9. The van der Waals surface area contributed by atoms with Gasteiger partial charge in [0.05, 0.1) is 6.61 Å². The molecule has 1 aromatic carbocycles. The molecule has 5 heteroatoms. The number of β-amino-alcohol motifs (C(OH)–C–C–N with tert-alkyl or cyclic N) is 1. The Morgan fingerprint density at radius 2 is 1.65 bits per heavy atom. The predicted octanol–water partition coefficient (Wildman–Crippen LogP) is 1.72. The highest BCUT2D eigenvalue weighted by Gasteiger charge is 2.13. The van der Waals surface area contributed by atoms with Gasteiger partial charge in [-0.25, -0.2) is 0 Å². The summed E-state index contributed by atoms with van der Waals surface area (Å²) in [5.74, 6) is 0.867. The molecule has 0 amide bonds. The molecule has 0 bridgehead atoms. The Kier molecular flexibility index (Phi) is 6.60. The van der Waals surface area contributed by atoms with Gasteiger partial charge in [-0.1, -0.05) is 11.6 Å². The van der Waals surface area contributed by atoms with Crippen LogP contribution in [-0.4, -0.2) is 67.4 Å². The van der Waals surface area contributed by atoms with Gasteiger partial charge in [0.2, 0.25) is 0 Å². The van der Waals surface area contributed by atoms with Crippen molar-refractivity contribution < 1.29 is 9.84 Å². The molecule has 1 aromatic rings. The fraction of sp³-hybridized carbons (Fsp3) is 0.600. The van der Waals surface area contributed by atoms with Crippen LogP contribution in [0.15, 0.2) is 24.3 Å². The van der Waals surface area contributed by atoms with Crippen LogP contribution in [0.25, 0.3) is 0 Å². The third-order valence-electron chi connectivity index (χ3n) is 3.59. The Morgan fingerprint density at radius 1 is 1.00 bits per heavy atom. The topological polar surface area (TPSA) is 35.9 Å². The van der Waals surface area contributed by atoms with Crippen LogP contribution in [0.4, 0.5) is 0 Å². The maximum Gasteiger partial charge on any atom is 0.119 e. The number of hydrogen-bond donors (Lipinski definition) is 1. The number of halogens is 1. The highest BCUT2D eigenvalue weighted by atomic mass is 35.5. The van der Waals surface area contributed by atoms with Crippen molar-refractivity contribution in [1.82, 2.24) is 9.80 Å². The molecule has 1 aliphatic heterocycles. The van der Waals surface area contributed by atoms with Crippen LogP contribution in [0.3, 0.4) is 0 Å². The van der Waals surface area contributed by atoms with E-state index in [1.54, 1.807) is 0 Å². The first-order valence-electron chi connectivity index (χ1n) is 7.22. The molecule has 112 valence electrons. The summed E-state index contributed by atoms with van der Waals surface area (Å²) >= 11 is 5.84. The largest absolute Gasteiger partial charge is 0.492 e. The average Bonchev–Trinajstić information content (AvgIpc) is 2.67. The van der Waals surface area contributed by atoms with Crippen LogP contribution in [-0.2, 0) is 0 Å². The number of aliphatic hydroxyl groups excluding tert-OH is 1. The van der Waals surface area contributed by atoms with Crippen molar-refractivity contribution in [3.8, 4) is 5.75 Å². The monoisotopic (exact) mass is 298 g/mol. The Balaban J connectivity index is 1.67. The van der Waals surface area contributed by atoms with E-state index in [0.717, 1.165) is 56.5 Å². The number of nitrogens with zero attached hydrogens (tertiary/aromatic N) is 2. The summed E-state index contributed by atoms with van der Waals surface area (Å²) in [6, 6.07) is 7.48. The maximum atomic E-state index is 8.98. The van der Waals surface area contributed by atoms with E-state index in [2.05, 4.69) is 9.80 Å². The Bertz CT molecular complexity index is 386. The number of ether oxygens (including phenoxy) is 1. The zero-order valence-corrected chi connectivity index (χ0v) is 12.6. The summed E-state index contributed by atoms with van der Waals surface area (Å²) in [4.78, 5) is 4.74. The smallest absolute Gasteiger partial charge is 0.119 e.